The molecule has 1 aromatic heterocycles. The van der Waals surface area contributed by atoms with Crippen LogP contribution >= 0.6 is 0 Å². The average Bonchev–Trinajstić information content (AvgIpc) is 3.40. The Balaban J connectivity index is 1.91. The van der Waals surface area contributed by atoms with E-state index in [2.05, 4.69) is 25.7 Å². The summed E-state index contributed by atoms with van der Waals surface area (Å²) in [6.07, 6.45) is -3.11. The number of alkyl halides is 3. The number of carbonyl (C=O) groups is 2. The van der Waals surface area contributed by atoms with Gasteiger partial charge in [0, 0.05) is 57.7 Å². The van der Waals surface area contributed by atoms with Gasteiger partial charge in [-0.2, -0.15) is 18.4 Å². The van der Waals surface area contributed by atoms with E-state index in [-0.39, 0.29) is 51.3 Å². The highest BCUT2D eigenvalue weighted by molar-refractivity contribution is 6.76. The molecule has 3 rings (SSSR count). The summed E-state index contributed by atoms with van der Waals surface area (Å²) in [6, 6.07) is 13.8. The van der Waals surface area contributed by atoms with Gasteiger partial charge in [-0.1, -0.05) is 50.0 Å². The number of esters is 1. The lowest BCUT2D eigenvalue weighted by Gasteiger charge is -2.46. The number of nitriles is 1. The number of nitrogens with zero attached hydrogens (tertiary/aromatic N) is 3. The first-order valence-corrected chi connectivity index (χ1v) is 18.2. The van der Waals surface area contributed by atoms with Gasteiger partial charge in [-0.05, 0) is 37.9 Å². The number of methoxy groups -OCH3 is 1. The topological polar surface area (TPSA) is 93.8 Å². The van der Waals surface area contributed by atoms with Crippen molar-refractivity contribution in [3.8, 4) is 6.07 Å². The zero-order valence-corrected chi connectivity index (χ0v) is 26.6. The molecule has 2 atom stereocenters. The Bertz CT molecular complexity index is 1260. The number of rotatable bonds is 13. The summed E-state index contributed by atoms with van der Waals surface area (Å²) in [7, 11) is -0.428. The number of hydrogen-bond donors (Lipinski definition) is 0. The molecule has 12 heteroatoms. The maximum atomic E-state index is 14.6. The molecule has 0 radical (unpaired) electrons. The second-order valence-corrected chi connectivity index (χ2v) is 17.8. The van der Waals surface area contributed by atoms with E-state index in [0.29, 0.717) is 12.3 Å². The van der Waals surface area contributed by atoms with Crippen molar-refractivity contribution in [2.75, 3.05) is 33.4 Å². The standard InChI is InChI=1S/C31H42F3N3O5Si/c1-6-42-27(38)21-29(25(22-35)26-13-10-16-37(26)23-41-19-20-43(3,4)5)14-17-36(18-15-29)28(39)30(40-2,31(32,33)34)24-11-8-7-9-12-24/h7-13,16,25H,6,14-15,17-21,23H2,1-5H3/t25?,30-/m1/s1. The fourth-order valence-corrected chi connectivity index (χ4v) is 6.47. The number of carbonyl (C=O) groups excluding carboxylic acids is 2. The SMILES string of the molecule is CCOC(=O)CC1(C(C#N)c2cccn2COCC[Si](C)(C)C)CCN(C(=O)[C@](OC)(c2ccccc2)C(F)(F)F)CC1. The Morgan fingerprint density at radius 2 is 1.74 bits per heavy atom. The van der Waals surface area contributed by atoms with Crippen LogP contribution in [0.15, 0.2) is 48.7 Å². The number of likely N-dealkylation sites (tertiary alicyclic amines) is 1. The number of aromatic nitrogens is 1. The summed E-state index contributed by atoms with van der Waals surface area (Å²) in [5, 5.41) is 10.5. The van der Waals surface area contributed by atoms with E-state index < -0.39 is 43.1 Å². The number of halogens is 3. The molecule has 1 fully saturated rings. The second kappa shape index (κ2) is 14.1. The molecule has 1 aromatic carbocycles. The third-order valence-electron chi connectivity index (χ3n) is 8.16. The Morgan fingerprint density at radius 1 is 1.09 bits per heavy atom. The van der Waals surface area contributed by atoms with E-state index >= 15 is 0 Å². The molecule has 2 heterocycles. The molecule has 0 saturated carbocycles. The number of hydrogen-bond acceptors (Lipinski definition) is 6. The van der Waals surface area contributed by atoms with Crippen LogP contribution < -0.4 is 0 Å². The summed E-state index contributed by atoms with van der Waals surface area (Å²) >= 11 is 0. The summed E-state index contributed by atoms with van der Waals surface area (Å²) in [5.74, 6) is -2.53. The molecule has 0 N–H and O–H groups in total. The van der Waals surface area contributed by atoms with Crippen LogP contribution in [0.25, 0.3) is 0 Å². The zero-order chi connectivity index (χ0) is 31.9. The molecule has 236 valence electrons. The Labute approximate surface area is 252 Å². The first-order valence-electron chi connectivity index (χ1n) is 14.5. The predicted molar refractivity (Wildman–Crippen MR) is 158 cm³/mol. The van der Waals surface area contributed by atoms with Gasteiger partial charge in [0.2, 0.25) is 0 Å². The Kier molecular flexibility index (Phi) is 11.3. The monoisotopic (exact) mass is 621 g/mol. The molecule has 0 bridgehead atoms. The molecular weight excluding hydrogens is 579 g/mol. The van der Waals surface area contributed by atoms with Crippen molar-refractivity contribution in [3.63, 3.8) is 0 Å². The zero-order valence-electron chi connectivity index (χ0n) is 25.6. The Hall–Kier alpha value is -3.14. The molecule has 0 spiro atoms. The number of ether oxygens (including phenoxy) is 3. The summed E-state index contributed by atoms with van der Waals surface area (Å²) in [4.78, 5) is 27.6. The maximum absolute atomic E-state index is 14.6. The average molecular weight is 622 g/mol. The fraction of sp³-hybridized carbons (Fsp3) is 0.581. The van der Waals surface area contributed by atoms with Crippen LogP contribution in [-0.2, 0) is 36.1 Å². The molecule has 0 aliphatic carbocycles. The number of amides is 1. The van der Waals surface area contributed by atoms with E-state index in [9.17, 15) is 28.0 Å². The van der Waals surface area contributed by atoms with Gasteiger partial charge in [-0.15, -0.1) is 0 Å². The van der Waals surface area contributed by atoms with Crippen LogP contribution in [0.3, 0.4) is 0 Å². The third-order valence-corrected chi connectivity index (χ3v) is 9.87. The molecule has 1 aliphatic heterocycles. The molecule has 2 aromatic rings. The first-order chi connectivity index (χ1) is 20.2. The third kappa shape index (κ3) is 7.69. The van der Waals surface area contributed by atoms with Gasteiger partial charge < -0.3 is 23.7 Å². The maximum Gasteiger partial charge on any atom is 0.430 e. The molecule has 1 unspecified atom stereocenters. The minimum atomic E-state index is -5.04. The normalized spacial score (nSPS) is 17.5. The molecular formula is C31H42F3N3O5Si. The van der Waals surface area contributed by atoms with Crippen LogP contribution in [0.2, 0.25) is 25.7 Å². The summed E-state index contributed by atoms with van der Waals surface area (Å²) in [6.45, 7) is 9.20. The van der Waals surface area contributed by atoms with Crippen molar-refractivity contribution in [1.82, 2.24) is 9.47 Å². The number of piperidine rings is 1. The van der Waals surface area contributed by atoms with Gasteiger partial charge in [0.25, 0.3) is 11.5 Å². The molecule has 8 nitrogen and oxygen atoms in total. The van der Waals surface area contributed by atoms with E-state index in [1.54, 1.807) is 31.3 Å². The van der Waals surface area contributed by atoms with E-state index in [1.807, 2.05) is 4.57 Å². The smallest absolute Gasteiger partial charge is 0.430 e. The quantitative estimate of drug-likeness (QED) is 0.153. The largest absolute Gasteiger partial charge is 0.466 e. The van der Waals surface area contributed by atoms with Crippen LogP contribution in [0.5, 0.6) is 0 Å². The van der Waals surface area contributed by atoms with E-state index in [4.69, 9.17) is 14.2 Å². The highest BCUT2D eigenvalue weighted by atomic mass is 28.3. The van der Waals surface area contributed by atoms with Crippen LogP contribution in [0.1, 0.15) is 43.4 Å². The second-order valence-electron chi connectivity index (χ2n) is 12.2. The molecule has 43 heavy (non-hydrogen) atoms. The molecule has 1 saturated heterocycles. The van der Waals surface area contributed by atoms with Crippen LogP contribution in [0.4, 0.5) is 13.2 Å². The summed E-state index contributed by atoms with van der Waals surface area (Å²) < 4.78 is 61.8. The Morgan fingerprint density at radius 3 is 2.28 bits per heavy atom. The van der Waals surface area contributed by atoms with Gasteiger partial charge in [0.15, 0.2) is 0 Å². The van der Waals surface area contributed by atoms with Crippen molar-refractivity contribution < 1.29 is 37.0 Å². The highest BCUT2D eigenvalue weighted by Crippen LogP contribution is 2.49. The van der Waals surface area contributed by atoms with Crippen molar-refractivity contribution in [3.05, 3.63) is 59.9 Å². The van der Waals surface area contributed by atoms with Gasteiger partial charge in [-0.25, -0.2) is 0 Å². The highest BCUT2D eigenvalue weighted by Gasteiger charge is 2.64. The van der Waals surface area contributed by atoms with Crippen molar-refractivity contribution in [2.24, 2.45) is 5.41 Å². The lowest BCUT2D eigenvalue weighted by molar-refractivity contribution is -0.271. The van der Waals surface area contributed by atoms with Crippen molar-refractivity contribution in [2.45, 2.75) is 76.3 Å². The lowest BCUT2D eigenvalue weighted by atomic mass is 9.65. The molecule has 1 amide bonds. The van der Waals surface area contributed by atoms with Crippen molar-refractivity contribution in [1.29, 1.82) is 5.26 Å². The van der Waals surface area contributed by atoms with E-state index in [1.165, 1.54) is 24.3 Å². The first kappa shape index (κ1) is 34.3. The fourth-order valence-electron chi connectivity index (χ4n) is 5.71. The predicted octanol–water partition coefficient (Wildman–Crippen LogP) is 6.07. The molecule has 1 aliphatic rings. The van der Waals surface area contributed by atoms with Crippen LogP contribution in [-0.4, -0.2) is 69.0 Å². The lowest BCUT2D eigenvalue weighted by Crippen LogP contribution is -2.59. The van der Waals surface area contributed by atoms with Gasteiger partial charge in [0.1, 0.15) is 6.73 Å². The van der Waals surface area contributed by atoms with E-state index in [0.717, 1.165) is 18.1 Å². The van der Waals surface area contributed by atoms with Crippen molar-refractivity contribution >= 4 is 20.0 Å². The number of benzene rings is 1. The van der Waals surface area contributed by atoms with Gasteiger partial charge >= 0.3 is 12.1 Å². The minimum Gasteiger partial charge on any atom is -0.466 e. The minimum absolute atomic E-state index is 0.0993. The van der Waals surface area contributed by atoms with Gasteiger partial charge in [0.05, 0.1) is 25.0 Å². The van der Waals surface area contributed by atoms with Crippen LogP contribution in [0, 0.1) is 16.7 Å². The van der Waals surface area contributed by atoms with Gasteiger partial charge in [-0.3, -0.25) is 9.59 Å². The summed E-state index contributed by atoms with van der Waals surface area (Å²) in [5.41, 5.74) is -3.84.